The Kier molecular flexibility index (Phi) is 6.88. The molecule has 3 rings (SSSR count). The van der Waals surface area contributed by atoms with E-state index in [4.69, 9.17) is 0 Å². The van der Waals surface area contributed by atoms with Crippen molar-refractivity contribution in [3.8, 4) is 0 Å². The number of nitrogens with one attached hydrogen (secondary N) is 1. The molecule has 7 nitrogen and oxygen atoms in total. The molecule has 1 unspecified atom stereocenters. The summed E-state index contributed by atoms with van der Waals surface area (Å²) in [5.74, 6) is 1.17. The van der Waals surface area contributed by atoms with Crippen LogP contribution >= 0.6 is 0 Å². The molecule has 2 saturated heterocycles. The first-order valence-electron chi connectivity index (χ1n) is 10.4. The number of likely N-dealkylation sites (N-methyl/N-ethyl adjacent to an activating group) is 1. The van der Waals surface area contributed by atoms with Gasteiger partial charge in [0.25, 0.3) is 0 Å². The second kappa shape index (κ2) is 9.35. The van der Waals surface area contributed by atoms with Gasteiger partial charge in [-0.3, -0.25) is 4.79 Å². The number of aromatic nitrogens is 2. The van der Waals surface area contributed by atoms with Gasteiger partial charge in [-0.25, -0.2) is 9.97 Å². The molecular weight excluding hydrogens is 340 g/mol. The predicted molar refractivity (Wildman–Crippen MR) is 109 cm³/mol. The molecule has 0 spiro atoms. The summed E-state index contributed by atoms with van der Waals surface area (Å²) >= 11 is 0. The second-order valence-corrected chi connectivity index (χ2v) is 7.74. The molecule has 150 valence electrons. The molecule has 0 aliphatic carbocycles. The molecule has 3 heterocycles. The maximum absolute atomic E-state index is 12.3. The minimum absolute atomic E-state index is 0.130. The van der Waals surface area contributed by atoms with Crippen molar-refractivity contribution >= 4 is 17.5 Å². The fourth-order valence-electron chi connectivity index (χ4n) is 3.77. The lowest BCUT2D eigenvalue weighted by molar-refractivity contribution is -0.126. The van der Waals surface area contributed by atoms with E-state index in [2.05, 4.69) is 50.8 Å². The summed E-state index contributed by atoms with van der Waals surface area (Å²) in [7, 11) is 0. The summed E-state index contributed by atoms with van der Waals surface area (Å²) in [5, 5.41) is 3.11. The Morgan fingerprint density at radius 3 is 2.26 bits per heavy atom. The van der Waals surface area contributed by atoms with Gasteiger partial charge in [0.1, 0.15) is 0 Å². The van der Waals surface area contributed by atoms with Crippen molar-refractivity contribution in [2.75, 3.05) is 55.6 Å². The van der Waals surface area contributed by atoms with Crippen molar-refractivity contribution in [2.45, 2.75) is 46.1 Å². The number of piperidine rings is 1. The van der Waals surface area contributed by atoms with E-state index in [1.165, 1.54) is 0 Å². The number of rotatable bonds is 6. The molecule has 1 amide bonds. The molecule has 0 aromatic carbocycles. The van der Waals surface area contributed by atoms with E-state index >= 15 is 0 Å². The van der Waals surface area contributed by atoms with E-state index in [1.54, 1.807) is 0 Å². The van der Waals surface area contributed by atoms with Crippen LogP contribution in [-0.4, -0.2) is 72.6 Å². The predicted octanol–water partition coefficient (Wildman–Crippen LogP) is 1.75. The third-order valence-corrected chi connectivity index (χ3v) is 5.96. The molecule has 1 aromatic heterocycles. The summed E-state index contributed by atoms with van der Waals surface area (Å²) in [4.78, 5) is 28.5. The Morgan fingerprint density at radius 2 is 1.70 bits per heavy atom. The first kappa shape index (κ1) is 19.9. The van der Waals surface area contributed by atoms with Crippen LogP contribution in [0.3, 0.4) is 0 Å². The monoisotopic (exact) mass is 374 g/mol. The van der Waals surface area contributed by atoms with Crippen LogP contribution in [0.25, 0.3) is 0 Å². The minimum Gasteiger partial charge on any atom is -0.369 e. The van der Waals surface area contributed by atoms with Gasteiger partial charge < -0.3 is 20.0 Å². The summed E-state index contributed by atoms with van der Waals surface area (Å²) < 4.78 is 0. The SMILES string of the molecule is CCC(C)NC(=O)C1CCN(c2cnc(N3CCN(CC)CC3)nc2)CC1. The highest BCUT2D eigenvalue weighted by Crippen LogP contribution is 2.23. The Balaban J connectivity index is 1.49. The van der Waals surface area contributed by atoms with Crippen LogP contribution < -0.4 is 15.1 Å². The Hall–Kier alpha value is -1.89. The maximum Gasteiger partial charge on any atom is 0.225 e. The third-order valence-electron chi connectivity index (χ3n) is 5.96. The number of carbonyl (C=O) groups is 1. The third kappa shape index (κ3) is 5.09. The molecule has 0 saturated carbocycles. The van der Waals surface area contributed by atoms with Crippen LogP contribution in [0.5, 0.6) is 0 Å². The highest BCUT2D eigenvalue weighted by Gasteiger charge is 2.26. The zero-order chi connectivity index (χ0) is 19.2. The van der Waals surface area contributed by atoms with Crippen LogP contribution in [-0.2, 0) is 4.79 Å². The standard InChI is InChI=1S/C20H34N6O/c1-4-16(3)23-19(27)17-6-8-25(9-7-17)18-14-21-20(22-15-18)26-12-10-24(5-2)11-13-26/h14-17H,4-13H2,1-3H3,(H,23,27). The normalized spacial score (nSPS) is 20.6. The van der Waals surface area contributed by atoms with Crippen LogP contribution in [0, 0.1) is 5.92 Å². The zero-order valence-corrected chi connectivity index (χ0v) is 17.0. The van der Waals surface area contributed by atoms with Crippen LogP contribution in [0.2, 0.25) is 0 Å². The minimum atomic E-state index is 0.130. The molecule has 27 heavy (non-hydrogen) atoms. The maximum atomic E-state index is 12.3. The van der Waals surface area contributed by atoms with Gasteiger partial charge in [0.15, 0.2) is 0 Å². The zero-order valence-electron chi connectivity index (χ0n) is 17.0. The van der Waals surface area contributed by atoms with E-state index in [9.17, 15) is 4.79 Å². The number of carbonyl (C=O) groups excluding carboxylic acids is 1. The van der Waals surface area contributed by atoms with Crippen LogP contribution in [0.15, 0.2) is 12.4 Å². The van der Waals surface area contributed by atoms with Crippen LogP contribution in [0.1, 0.15) is 40.0 Å². The van der Waals surface area contributed by atoms with Gasteiger partial charge in [0, 0.05) is 51.2 Å². The van der Waals surface area contributed by atoms with Crippen molar-refractivity contribution in [1.82, 2.24) is 20.2 Å². The quantitative estimate of drug-likeness (QED) is 0.818. The van der Waals surface area contributed by atoms with Crippen molar-refractivity contribution in [3.05, 3.63) is 12.4 Å². The highest BCUT2D eigenvalue weighted by atomic mass is 16.1. The van der Waals surface area contributed by atoms with Gasteiger partial charge >= 0.3 is 0 Å². The fraction of sp³-hybridized carbons (Fsp3) is 0.750. The van der Waals surface area contributed by atoms with Gasteiger partial charge in [-0.05, 0) is 32.7 Å². The highest BCUT2D eigenvalue weighted by molar-refractivity contribution is 5.79. The number of nitrogens with zero attached hydrogens (tertiary/aromatic N) is 5. The Labute approximate surface area is 163 Å². The average molecular weight is 375 g/mol. The molecule has 1 atom stereocenters. The summed E-state index contributed by atoms with van der Waals surface area (Å²) in [6.45, 7) is 13.4. The second-order valence-electron chi connectivity index (χ2n) is 7.74. The van der Waals surface area contributed by atoms with Gasteiger partial charge in [-0.1, -0.05) is 13.8 Å². The number of amides is 1. The van der Waals surface area contributed by atoms with E-state index < -0.39 is 0 Å². The Bertz CT molecular complexity index is 591. The first-order valence-corrected chi connectivity index (χ1v) is 10.4. The molecule has 2 aliphatic rings. The summed E-state index contributed by atoms with van der Waals surface area (Å²) in [6.07, 6.45) is 6.63. The smallest absolute Gasteiger partial charge is 0.225 e. The average Bonchev–Trinajstić information content (AvgIpc) is 2.74. The number of hydrogen-bond donors (Lipinski definition) is 1. The fourth-order valence-corrected chi connectivity index (χ4v) is 3.77. The molecule has 7 heteroatoms. The summed E-state index contributed by atoms with van der Waals surface area (Å²) in [5.41, 5.74) is 1.06. The van der Waals surface area contributed by atoms with Gasteiger partial charge in [-0.2, -0.15) is 0 Å². The molecule has 1 aromatic rings. The number of piperazine rings is 1. The first-order chi connectivity index (χ1) is 13.1. The lowest BCUT2D eigenvalue weighted by atomic mass is 9.95. The molecule has 1 N–H and O–H groups in total. The van der Waals surface area contributed by atoms with E-state index in [0.29, 0.717) is 0 Å². The molecular formula is C20H34N6O. The number of anilines is 2. The molecule has 2 fully saturated rings. The molecule has 0 bridgehead atoms. The van der Waals surface area contributed by atoms with Crippen LogP contribution in [0.4, 0.5) is 11.6 Å². The molecule has 0 radical (unpaired) electrons. The van der Waals surface area contributed by atoms with Crippen molar-refractivity contribution in [3.63, 3.8) is 0 Å². The molecule has 2 aliphatic heterocycles. The largest absolute Gasteiger partial charge is 0.369 e. The van der Waals surface area contributed by atoms with E-state index in [1.807, 2.05) is 12.4 Å². The lowest BCUT2D eigenvalue weighted by Gasteiger charge is -2.35. The van der Waals surface area contributed by atoms with Gasteiger partial charge in [0.2, 0.25) is 11.9 Å². The van der Waals surface area contributed by atoms with Gasteiger partial charge in [-0.15, -0.1) is 0 Å². The van der Waals surface area contributed by atoms with E-state index in [-0.39, 0.29) is 17.9 Å². The topological polar surface area (TPSA) is 64.6 Å². The summed E-state index contributed by atoms with van der Waals surface area (Å²) in [6, 6.07) is 0.260. The van der Waals surface area contributed by atoms with Crippen molar-refractivity contribution in [2.24, 2.45) is 5.92 Å². The van der Waals surface area contributed by atoms with Crippen molar-refractivity contribution < 1.29 is 4.79 Å². The van der Waals surface area contributed by atoms with E-state index in [0.717, 1.165) is 76.7 Å². The van der Waals surface area contributed by atoms with Gasteiger partial charge in [0.05, 0.1) is 18.1 Å². The number of hydrogen-bond acceptors (Lipinski definition) is 6. The lowest BCUT2D eigenvalue weighted by Crippen LogP contribution is -2.46. The van der Waals surface area contributed by atoms with Crippen molar-refractivity contribution in [1.29, 1.82) is 0 Å². The Morgan fingerprint density at radius 1 is 1.07 bits per heavy atom.